The smallest absolute Gasteiger partial charge is 0.272 e. The van der Waals surface area contributed by atoms with E-state index in [9.17, 15) is 10.1 Å². The zero-order chi connectivity index (χ0) is 13.1. The van der Waals surface area contributed by atoms with Crippen LogP contribution in [-0.2, 0) is 0 Å². The molecular formula is C12H8Cl2N2O2. The van der Waals surface area contributed by atoms with Gasteiger partial charge in [-0.15, -0.1) is 0 Å². The third kappa shape index (κ3) is 2.72. The van der Waals surface area contributed by atoms with Crippen molar-refractivity contribution in [1.82, 2.24) is 0 Å². The van der Waals surface area contributed by atoms with E-state index in [4.69, 9.17) is 23.2 Å². The van der Waals surface area contributed by atoms with Gasteiger partial charge in [-0.05, 0) is 12.1 Å². The Morgan fingerprint density at radius 2 is 1.61 bits per heavy atom. The third-order valence-corrected chi connectivity index (χ3v) is 2.88. The fourth-order valence-corrected chi connectivity index (χ4v) is 2.02. The molecule has 6 heteroatoms. The van der Waals surface area contributed by atoms with Crippen LogP contribution < -0.4 is 5.32 Å². The molecule has 0 fully saturated rings. The van der Waals surface area contributed by atoms with Crippen molar-refractivity contribution in [3.63, 3.8) is 0 Å². The van der Waals surface area contributed by atoms with Crippen molar-refractivity contribution in [2.24, 2.45) is 0 Å². The van der Waals surface area contributed by atoms with Gasteiger partial charge >= 0.3 is 0 Å². The quantitative estimate of drug-likeness (QED) is 0.659. The summed E-state index contributed by atoms with van der Waals surface area (Å²) < 4.78 is 0. The summed E-state index contributed by atoms with van der Waals surface area (Å²) in [5, 5.41) is 14.1. The van der Waals surface area contributed by atoms with Crippen LogP contribution in [-0.4, -0.2) is 4.92 Å². The average molecular weight is 283 g/mol. The predicted octanol–water partition coefficient (Wildman–Crippen LogP) is 4.65. The number of benzene rings is 2. The van der Waals surface area contributed by atoms with Crippen LogP contribution in [0.15, 0.2) is 42.5 Å². The van der Waals surface area contributed by atoms with Gasteiger partial charge in [0.15, 0.2) is 0 Å². The van der Waals surface area contributed by atoms with Gasteiger partial charge in [0.25, 0.3) is 5.69 Å². The summed E-state index contributed by atoms with van der Waals surface area (Å²) in [6.07, 6.45) is 0. The first-order valence-electron chi connectivity index (χ1n) is 5.03. The number of anilines is 2. The zero-order valence-corrected chi connectivity index (χ0v) is 10.6. The minimum Gasteiger partial charge on any atom is -0.353 e. The Morgan fingerprint density at radius 3 is 2.11 bits per heavy atom. The van der Waals surface area contributed by atoms with E-state index in [2.05, 4.69) is 5.32 Å². The Hall–Kier alpha value is -1.78. The molecule has 0 heterocycles. The lowest BCUT2D eigenvalue weighted by atomic mass is 10.2. The molecule has 4 nitrogen and oxygen atoms in total. The summed E-state index contributed by atoms with van der Waals surface area (Å²) in [5.41, 5.74) is 1.12. The number of halogens is 2. The molecule has 2 aromatic rings. The fourth-order valence-electron chi connectivity index (χ4n) is 1.45. The molecule has 92 valence electrons. The van der Waals surface area contributed by atoms with E-state index in [-0.39, 0.29) is 15.7 Å². The van der Waals surface area contributed by atoms with E-state index in [1.54, 1.807) is 0 Å². The second-order valence-electron chi connectivity index (χ2n) is 3.53. The Kier molecular flexibility index (Phi) is 3.69. The number of nitro benzene ring substituents is 1. The highest BCUT2D eigenvalue weighted by molar-refractivity contribution is 6.39. The van der Waals surface area contributed by atoms with Crippen molar-refractivity contribution in [2.75, 3.05) is 5.32 Å². The number of non-ortho nitro benzene ring substituents is 1. The van der Waals surface area contributed by atoms with E-state index in [1.165, 1.54) is 12.1 Å². The molecule has 0 saturated heterocycles. The van der Waals surface area contributed by atoms with Gasteiger partial charge < -0.3 is 5.32 Å². The molecule has 0 amide bonds. The van der Waals surface area contributed by atoms with E-state index in [0.717, 1.165) is 5.69 Å². The molecule has 0 aliphatic heterocycles. The monoisotopic (exact) mass is 282 g/mol. The molecule has 0 saturated carbocycles. The molecule has 0 aliphatic carbocycles. The van der Waals surface area contributed by atoms with Crippen LogP contribution in [0.3, 0.4) is 0 Å². The largest absolute Gasteiger partial charge is 0.353 e. The van der Waals surface area contributed by atoms with E-state index >= 15 is 0 Å². The molecule has 0 atom stereocenters. The number of rotatable bonds is 3. The lowest BCUT2D eigenvalue weighted by Crippen LogP contribution is -1.94. The van der Waals surface area contributed by atoms with Crippen LogP contribution in [0, 0.1) is 10.1 Å². The second-order valence-corrected chi connectivity index (χ2v) is 4.35. The van der Waals surface area contributed by atoms with Crippen LogP contribution >= 0.6 is 23.2 Å². The van der Waals surface area contributed by atoms with Gasteiger partial charge in [0.1, 0.15) is 0 Å². The fraction of sp³-hybridized carbons (Fsp3) is 0. The summed E-state index contributed by atoms with van der Waals surface area (Å²) in [6.45, 7) is 0. The van der Waals surface area contributed by atoms with Gasteiger partial charge in [0.05, 0.1) is 20.7 Å². The highest BCUT2D eigenvalue weighted by Gasteiger charge is 2.14. The minimum atomic E-state index is -0.538. The molecule has 0 bridgehead atoms. The second kappa shape index (κ2) is 5.25. The molecule has 0 aliphatic rings. The van der Waals surface area contributed by atoms with E-state index in [0.29, 0.717) is 5.69 Å². The van der Waals surface area contributed by atoms with Gasteiger partial charge in [-0.3, -0.25) is 10.1 Å². The maximum atomic E-state index is 10.6. The Labute approximate surface area is 113 Å². The molecular weight excluding hydrogens is 275 g/mol. The van der Waals surface area contributed by atoms with E-state index < -0.39 is 4.92 Å². The maximum Gasteiger partial charge on any atom is 0.272 e. The Bertz CT molecular complexity index is 565. The first-order valence-corrected chi connectivity index (χ1v) is 5.79. The molecule has 2 aromatic carbocycles. The number of nitrogens with zero attached hydrogens (tertiary/aromatic N) is 1. The maximum absolute atomic E-state index is 10.6. The SMILES string of the molecule is O=[N+]([O-])c1cc(Cl)c(Nc2ccccc2)c(Cl)c1. The number of para-hydroxylation sites is 1. The van der Waals surface area contributed by atoms with E-state index in [1.807, 2.05) is 30.3 Å². The van der Waals surface area contributed by atoms with Crippen molar-refractivity contribution in [3.8, 4) is 0 Å². The first kappa shape index (κ1) is 12.7. The van der Waals surface area contributed by atoms with Crippen molar-refractivity contribution in [2.45, 2.75) is 0 Å². The standard InChI is InChI=1S/C12H8Cl2N2O2/c13-10-6-9(16(17)18)7-11(14)12(10)15-8-4-2-1-3-5-8/h1-7,15H. The lowest BCUT2D eigenvalue weighted by molar-refractivity contribution is -0.384. The number of nitrogens with one attached hydrogen (secondary N) is 1. The summed E-state index contributed by atoms with van der Waals surface area (Å²) in [6, 6.07) is 11.8. The molecule has 18 heavy (non-hydrogen) atoms. The number of hydrogen-bond acceptors (Lipinski definition) is 3. The van der Waals surface area contributed by atoms with Crippen molar-refractivity contribution in [3.05, 3.63) is 62.6 Å². The van der Waals surface area contributed by atoms with Crippen molar-refractivity contribution in [1.29, 1.82) is 0 Å². The molecule has 2 rings (SSSR count). The number of nitro groups is 1. The topological polar surface area (TPSA) is 55.2 Å². The highest BCUT2D eigenvalue weighted by Crippen LogP contribution is 2.36. The lowest BCUT2D eigenvalue weighted by Gasteiger charge is -2.10. The van der Waals surface area contributed by atoms with Crippen LogP contribution in [0.5, 0.6) is 0 Å². The van der Waals surface area contributed by atoms with Crippen molar-refractivity contribution < 1.29 is 4.92 Å². The Balaban J connectivity index is 2.37. The molecule has 0 unspecified atom stereocenters. The molecule has 1 N–H and O–H groups in total. The summed E-state index contributed by atoms with van der Waals surface area (Å²) >= 11 is 12.0. The minimum absolute atomic E-state index is 0.136. The highest BCUT2D eigenvalue weighted by atomic mass is 35.5. The van der Waals surface area contributed by atoms with Crippen LogP contribution in [0.25, 0.3) is 0 Å². The van der Waals surface area contributed by atoms with Crippen LogP contribution in [0.4, 0.5) is 17.1 Å². The molecule has 0 spiro atoms. The zero-order valence-electron chi connectivity index (χ0n) is 9.06. The predicted molar refractivity (Wildman–Crippen MR) is 72.8 cm³/mol. The number of hydrogen-bond donors (Lipinski definition) is 1. The van der Waals surface area contributed by atoms with Gasteiger partial charge in [0, 0.05) is 17.8 Å². The normalized spacial score (nSPS) is 10.1. The van der Waals surface area contributed by atoms with Gasteiger partial charge in [0.2, 0.25) is 0 Å². The average Bonchev–Trinajstić information content (AvgIpc) is 2.34. The summed E-state index contributed by atoms with van der Waals surface area (Å²) in [7, 11) is 0. The first-order chi connectivity index (χ1) is 8.58. The summed E-state index contributed by atoms with van der Waals surface area (Å²) in [5.74, 6) is 0. The third-order valence-electron chi connectivity index (χ3n) is 2.28. The van der Waals surface area contributed by atoms with Gasteiger partial charge in [-0.2, -0.15) is 0 Å². The molecule has 0 radical (unpaired) electrons. The Morgan fingerprint density at radius 1 is 1.06 bits per heavy atom. The van der Waals surface area contributed by atoms with Crippen LogP contribution in [0.2, 0.25) is 10.0 Å². The van der Waals surface area contributed by atoms with Gasteiger partial charge in [-0.25, -0.2) is 0 Å². The summed E-state index contributed by atoms with van der Waals surface area (Å²) in [4.78, 5) is 10.1. The van der Waals surface area contributed by atoms with Gasteiger partial charge in [-0.1, -0.05) is 41.4 Å². The van der Waals surface area contributed by atoms with Crippen molar-refractivity contribution >= 4 is 40.3 Å². The molecule has 0 aromatic heterocycles. The van der Waals surface area contributed by atoms with Crippen LogP contribution in [0.1, 0.15) is 0 Å².